The first-order chi connectivity index (χ1) is 18.7. The Morgan fingerprint density at radius 3 is 2.44 bits per heavy atom. The average Bonchev–Trinajstić information content (AvgIpc) is 2.95. The summed E-state index contributed by atoms with van der Waals surface area (Å²) in [5, 5.41) is 5.29. The number of pyridine rings is 1. The van der Waals surface area contributed by atoms with Crippen LogP contribution in [-0.2, 0) is 27.1 Å². The van der Waals surface area contributed by atoms with E-state index in [4.69, 9.17) is 4.74 Å². The number of carbonyl (C=O) groups excluding carboxylic acids is 3. The van der Waals surface area contributed by atoms with Crippen LogP contribution in [0.25, 0.3) is 0 Å². The zero-order valence-electron chi connectivity index (χ0n) is 21.5. The summed E-state index contributed by atoms with van der Waals surface area (Å²) in [5.74, 6) is -0.818. The van der Waals surface area contributed by atoms with Gasteiger partial charge in [0.15, 0.2) is 0 Å². The number of nitrogens with one attached hydrogen (secondary N) is 2. The minimum Gasteiger partial charge on any atom is -0.445 e. The number of amides is 3. The minimum absolute atomic E-state index is 0.0332. The maximum absolute atomic E-state index is 13.4. The van der Waals surface area contributed by atoms with Gasteiger partial charge in [-0.1, -0.05) is 36.9 Å². The van der Waals surface area contributed by atoms with Gasteiger partial charge in [-0.05, 0) is 43.0 Å². The highest BCUT2D eigenvalue weighted by Crippen LogP contribution is 2.35. The number of halogens is 3. The summed E-state index contributed by atoms with van der Waals surface area (Å²) in [6, 6.07) is 10.4. The molecule has 0 radical (unpaired) electrons. The highest BCUT2D eigenvalue weighted by atomic mass is 19.4. The quantitative estimate of drug-likeness (QED) is 0.330. The van der Waals surface area contributed by atoms with E-state index in [-0.39, 0.29) is 50.4 Å². The molecule has 1 atom stereocenters. The van der Waals surface area contributed by atoms with Crippen LogP contribution in [0, 0.1) is 0 Å². The maximum Gasteiger partial charge on any atom is 0.419 e. The maximum atomic E-state index is 13.4. The molecule has 3 rings (SSSR count). The molecular weight excluding hydrogens is 515 g/mol. The summed E-state index contributed by atoms with van der Waals surface area (Å²) in [6.45, 7) is 4.45. The predicted molar refractivity (Wildman–Crippen MR) is 139 cm³/mol. The van der Waals surface area contributed by atoms with Crippen LogP contribution in [0.2, 0.25) is 0 Å². The average molecular weight is 548 g/mol. The highest BCUT2D eigenvalue weighted by molar-refractivity contribution is 5.87. The molecule has 2 aromatic rings. The van der Waals surface area contributed by atoms with Crippen LogP contribution < -0.4 is 15.5 Å². The van der Waals surface area contributed by atoms with Crippen molar-refractivity contribution < 1.29 is 32.3 Å². The second kappa shape index (κ2) is 14.2. The summed E-state index contributed by atoms with van der Waals surface area (Å²) in [5.41, 5.74) is -0.0358. The molecule has 1 aliphatic heterocycles. The smallest absolute Gasteiger partial charge is 0.419 e. The van der Waals surface area contributed by atoms with Gasteiger partial charge in [0, 0.05) is 38.9 Å². The van der Waals surface area contributed by atoms with Gasteiger partial charge in [0.05, 0.1) is 5.56 Å². The van der Waals surface area contributed by atoms with Crippen molar-refractivity contribution in [2.24, 2.45) is 0 Å². The van der Waals surface area contributed by atoms with E-state index in [0.29, 0.717) is 25.8 Å². The molecule has 2 heterocycles. The molecular formula is C27H32F3N5O4. The minimum atomic E-state index is -4.54. The molecule has 9 nitrogen and oxygen atoms in total. The van der Waals surface area contributed by atoms with Crippen molar-refractivity contribution in [3.05, 3.63) is 72.4 Å². The van der Waals surface area contributed by atoms with Gasteiger partial charge < -0.3 is 25.2 Å². The van der Waals surface area contributed by atoms with E-state index in [9.17, 15) is 27.6 Å². The van der Waals surface area contributed by atoms with Gasteiger partial charge in [0.1, 0.15) is 18.5 Å². The number of ether oxygens (including phenoxy) is 1. The van der Waals surface area contributed by atoms with Crippen LogP contribution in [0.5, 0.6) is 0 Å². The molecule has 1 fully saturated rings. The first kappa shape index (κ1) is 29.5. The van der Waals surface area contributed by atoms with Crippen molar-refractivity contribution in [2.45, 2.75) is 38.1 Å². The molecule has 0 bridgehead atoms. The molecule has 2 N–H and O–H groups in total. The summed E-state index contributed by atoms with van der Waals surface area (Å²) in [4.78, 5) is 44.1. The van der Waals surface area contributed by atoms with E-state index < -0.39 is 23.9 Å². The topological polar surface area (TPSA) is 104 Å². The first-order valence-corrected chi connectivity index (χ1v) is 12.6. The molecule has 0 saturated carbocycles. The molecule has 1 saturated heterocycles. The molecule has 0 aliphatic carbocycles. The summed E-state index contributed by atoms with van der Waals surface area (Å²) < 4.78 is 45.6. The van der Waals surface area contributed by atoms with Gasteiger partial charge in [-0.2, -0.15) is 13.2 Å². The van der Waals surface area contributed by atoms with Gasteiger partial charge in [-0.15, -0.1) is 0 Å². The Bertz CT molecular complexity index is 1120. The van der Waals surface area contributed by atoms with Crippen LogP contribution >= 0.6 is 0 Å². The number of aromatic nitrogens is 1. The van der Waals surface area contributed by atoms with Crippen molar-refractivity contribution in [2.75, 3.05) is 37.6 Å². The van der Waals surface area contributed by atoms with Gasteiger partial charge >= 0.3 is 12.3 Å². The number of anilines is 1. The highest BCUT2D eigenvalue weighted by Gasteiger charge is 2.37. The van der Waals surface area contributed by atoms with Crippen molar-refractivity contribution in [1.29, 1.82) is 0 Å². The number of unbranched alkanes of at least 4 members (excludes halogenated alkanes) is 1. The fraction of sp³-hybridized carbons (Fsp3) is 0.407. The first-order valence-electron chi connectivity index (χ1n) is 12.6. The second-order valence-corrected chi connectivity index (χ2v) is 8.93. The molecule has 1 aromatic carbocycles. The fourth-order valence-corrected chi connectivity index (χ4v) is 4.15. The van der Waals surface area contributed by atoms with Crippen molar-refractivity contribution in [3.63, 3.8) is 0 Å². The number of piperazine rings is 1. The number of alkyl halides is 3. The van der Waals surface area contributed by atoms with E-state index in [1.54, 1.807) is 12.1 Å². The third-order valence-electron chi connectivity index (χ3n) is 6.19. The SMILES string of the molecule is C=CC(=O)NCCCC[C@H](NC(=O)OCc1ccccc1)C(=O)N1CCN(c2ncccc2C(F)(F)F)CC1. The molecule has 0 unspecified atom stereocenters. The summed E-state index contributed by atoms with van der Waals surface area (Å²) >= 11 is 0. The van der Waals surface area contributed by atoms with E-state index in [2.05, 4.69) is 22.2 Å². The molecule has 3 amide bonds. The lowest BCUT2D eigenvalue weighted by Gasteiger charge is -2.37. The zero-order valence-corrected chi connectivity index (χ0v) is 21.5. The third kappa shape index (κ3) is 9.01. The van der Waals surface area contributed by atoms with Gasteiger partial charge in [0.25, 0.3) is 0 Å². The Labute approximate surface area is 225 Å². The zero-order chi connectivity index (χ0) is 28.3. The number of hydrogen-bond acceptors (Lipinski definition) is 6. The van der Waals surface area contributed by atoms with Crippen molar-refractivity contribution in [1.82, 2.24) is 20.5 Å². The lowest BCUT2D eigenvalue weighted by atomic mass is 10.1. The number of nitrogens with zero attached hydrogens (tertiary/aromatic N) is 3. The Hall–Kier alpha value is -4.09. The number of alkyl carbamates (subject to hydrolysis) is 1. The van der Waals surface area contributed by atoms with E-state index in [1.165, 1.54) is 28.1 Å². The number of rotatable bonds is 11. The van der Waals surface area contributed by atoms with Crippen LogP contribution in [0.15, 0.2) is 61.3 Å². The van der Waals surface area contributed by atoms with Crippen molar-refractivity contribution in [3.8, 4) is 0 Å². The van der Waals surface area contributed by atoms with Gasteiger partial charge in [0.2, 0.25) is 11.8 Å². The molecule has 1 aliphatic rings. The fourth-order valence-electron chi connectivity index (χ4n) is 4.15. The van der Waals surface area contributed by atoms with Gasteiger partial charge in [-0.3, -0.25) is 9.59 Å². The van der Waals surface area contributed by atoms with Crippen LogP contribution in [0.3, 0.4) is 0 Å². The number of carbonyl (C=O) groups is 3. The van der Waals surface area contributed by atoms with E-state index >= 15 is 0 Å². The van der Waals surface area contributed by atoms with E-state index in [1.807, 2.05) is 18.2 Å². The molecule has 39 heavy (non-hydrogen) atoms. The molecule has 12 heteroatoms. The predicted octanol–water partition coefficient (Wildman–Crippen LogP) is 3.52. The number of hydrogen-bond donors (Lipinski definition) is 2. The van der Waals surface area contributed by atoms with Crippen molar-refractivity contribution >= 4 is 23.7 Å². The Kier molecular flexibility index (Phi) is 10.7. The van der Waals surface area contributed by atoms with Gasteiger partial charge in [-0.25, -0.2) is 9.78 Å². The Morgan fingerprint density at radius 2 is 1.77 bits per heavy atom. The molecule has 210 valence electrons. The Morgan fingerprint density at radius 1 is 1.05 bits per heavy atom. The second-order valence-electron chi connectivity index (χ2n) is 8.93. The van der Waals surface area contributed by atoms with Crippen LogP contribution in [0.1, 0.15) is 30.4 Å². The largest absolute Gasteiger partial charge is 0.445 e. The standard InChI is InChI=1S/C27H32F3N5O4/c1-2-23(36)31-13-7-6-12-22(33-26(38)39-19-20-9-4-3-5-10-20)25(37)35-17-15-34(16-18-35)24-21(27(28,29)30)11-8-14-32-24/h2-5,8-11,14,22H,1,6-7,12-13,15-19H2,(H,31,36)(H,33,38)/t22-/m0/s1. The number of benzene rings is 1. The normalized spacial score (nSPS) is 14.3. The molecule has 0 spiro atoms. The van der Waals surface area contributed by atoms with E-state index in [0.717, 1.165) is 11.6 Å². The van der Waals surface area contributed by atoms with Crippen LogP contribution in [-0.4, -0.2) is 66.6 Å². The Balaban J connectivity index is 1.60. The summed E-state index contributed by atoms with van der Waals surface area (Å²) in [7, 11) is 0. The monoisotopic (exact) mass is 547 g/mol. The third-order valence-corrected chi connectivity index (χ3v) is 6.19. The lowest BCUT2D eigenvalue weighted by molar-refractivity contribution is -0.138. The lowest BCUT2D eigenvalue weighted by Crippen LogP contribution is -2.55. The van der Waals surface area contributed by atoms with Crippen LogP contribution in [0.4, 0.5) is 23.8 Å². The summed E-state index contributed by atoms with van der Waals surface area (Å²) in [6.07, 6.45) is -1.44. The molecule has 1 aromatic heterocycles.